The third-order valence-electron chi connectivity index (χ3n) is 3.12. The third-order valence-corrected chi connectivity index (χ3v) is 3.12. The number of nitrogens with zero attached hydrogens (tertiary/aromatic N) is 3. The predicted molar refractivity (Wildman–Crippen MR) is 56.7 cm³/mol. The monoisotopic (exact) mass is 194 g/mol. The highest BCUT2D eigenvalue weighted by Gasteiger charge is 2.33. The summed E-state index contributed by atoms with van der Waals surface area (Å²) >= 11 is 0. The van der Waals surface area contributed by atoms with Gasteiger partial charge in [-0.05, 0) is 20.8 Å². The van der Waals surface area contributed by atoms with Crippen LogP contribution in [0.25, 0.3) is 0 Å². The van der Waals surface area contributed by atoms with Crippen LogP contribution in [0.15, 0.2) is 0 Å². The number of aryl methyl sites for hydroxylation is 1. The van der Waals surface area contributed by atoms with E-state index < -0.39 is 0 Å². The van der Waals surface area contributed by atoms with Crippen LogP contribution in [0.4, 0.5) is 5.82 Å². The van der Waals surface area contributed by atoms with Gasteiger partial charge in [-0.3, -0.25) is 9.58 Å². The number of aromatic nitrogens is 2. The quantitative estimate of drug-likeness (QED) is 0.732. The van der Waals surface area contributed by atoms with Crippen LogP contribution in [0, 0.1) is 0 Å². The molecule has 14 heavy (non-hydrogen) atoms. The second-order valence-electron chi connectivity index (χ2n) is 4.31. The Kier molecular flexibility index (Phi) is 2.03. The molecule has 0 radical (unpaired) electrons. The van der Waals surface area contributed by atoms with E-state index in [1.54, 1.807) is 4.68 Å². The molecule has 0 bridgehead atoms. The van der Waals surface area contributed by atoms with Gasteiger partial charge in [-0.15, -0.1) is 0 Å². The first-order chi connectivity index (χ1) is 6.52. The van der Waals surface area contributed by atoms with E-state index >= 15 is 0 Å². The van der Waals surface area contributed by atoms with Crippen molar-refractivity contribution in [1.29, 1.82) is 0 Å². The number of nitrogens with two attached hydrogens (primary N) is 1. The maximum absolute atomic E-state index is 5.95. The van der Waals surface area contributed by atoms with Crippen molar-refractivity contribution in [2.75, 3.05) is 5.73 Å². The van der Waals surface area contributed by atoms with Crippen molar-refractivity contribution in [2.24, 2.45) is 7.05 Å². The van der Waals surface area contributed by atoms with Gasteiger partial charge in [0.05, 0.1) is 11.7 Å². The Morgan fingerprint density at radius 3 is 2.64 bits per heavy atom. The van der Waals surface area contributed by atoms with Crippen molar-refractivity contribution >= 4 is 5.82 Å². The zero-order chi connectivity index (χ0) is 10.5. The first-order valence-electron chi connectivity index (χ1n) is 5.09. The van der Waals surface area contributed by atoms with Gasteiger partial charge in [-0.2, -0.15) is 5.10 Å². The van der Waals surface area contributed by atoms with E-state index in [1.807, 2.05) is 7.05 Å². The Balaban J connectivity index is 2.38. The molecular formula is C10H18N4. The Morgan fingerprint density at radius 2 is 2.14 bits per heavy atom. The first kappa shape index (κ1) is 9.52. The molecule has 2 rings (SSSR count). The van der Waals surface area contributed by atoms with Gasteiger partial charge >= 0.3 is 0 Å². The van der Waals surface area contributed by atoms with E-state index in [9.17, 15) is 0 Å². The average Bonchev–Trinajstić information content (AvgIpc) is 2.56. The molecule has 4 nitrogen and oxygen atoms in total. The van der Waals surface area contributed by atoms with Crippen LogP contribution in [0.5, 0.6) is 0 Å². The predicted octanol–water partition coefficient (Wildman–Crippen LogP) is 1.29. The molecule has 0 aromatic carbocycles. The van der Waals surface area contributed by atoms with Gasteiger partial charge in [0.1, 0.15) is 5.82 Å². The summed E-state index contributed by atoms with van der Waals surface area (Å²) < 4.78 is 1.78. The van der Waals surface area contributed by atoms with E-state index in [4.69, 9.17) is 5.73 Å². The van der Waals surface area contributed by atoms with Crippen LogP contribution in [-0.4, -0.2) is 20.7 Å². The standard InChI is InChI=1S/C10H18N4/c1-6(2)14-5-8-9(7(14)3)12-13(4)10(8)11/h6-7H,5,11H2,1-4H3. The molecule has 1 unspecified atom stereocenters. The van der Waals surface area contributed by atoms with Gasteiger partial charge in [-0.25, -0.2) is 0 Å². The molecule has 0 spiro atoms. The fourth-order valence-electron chi connectivity index (χ4n) is 2.21. The van der Waals surface area contributed by atoms with Crippen LogP contribution in [0.3, 0.4) is 0 Å². The van der Waals surface area contributed by atoms with Crippen molar-refractivity contribution in [3.8, 4) is 0 Å². The first-order valence-corrected chi connectivity index (χ1v) is 5.09. The average molecular weight is 194 g/mol. The lowest BCUT2D eigenvalue weighted by molar-refractivity contribution is 0.176. The maximum atomic E-state index is 5.95. The zero-order valence-electron chi connectivity index (χ0n) is 9.28. The van der Waals surface area contributed by atoms with Gasteiger partial charge in [0, 0.05) is 25.2 Å². The molecule has 1 aliphatic heterocycles. The molecule has 0 saturated heterocycles. The Labute approximate surface area is 84.7 Å². The minimum atomic E-state index is 0.397. The number of anilines is 1. The molecule has 1 atom stereocenters. The molecule has 0 saturated carbocycles. The van der Waals surface area contributed by atoms with Gasteiger partial charge < -0.3 is 5.73 Å². The number of fused-ring (bicyclic) bond motifs is 1. The lowest BCUT2D eigenvalue weighted by Gasteiger charge is -2.25. The number of hydrogen-bond acceptors (Lipinski definition) is 3. The molecule has 0 amide bonds. The highest BCUT2D eigenvalue weighted by atomic mass is 15.3. The van der Waals surface area contributed by atoms with E-state index in [2.05, 4.69) is 30.8 Å². The summed E-state index contributed by atoms with van der Waals surface area (Å²) in [5.74, 6) is 0.815. The van der Waals surface area contributed by atoms with Crippen LogP contribution in [0.1, 0.15) is 38.1 Å². The number of rotatable bonds is 1. The van der Waals surface area contributed by atoms with Gasteiger partial charge in [0.15, 0.2) is 0 Å². The van der Waals surface area contributed by atoms with Crippen LogP contribution >= 0.6 is 0 Å². The van der Waals surface area contributed by atoms with Crippen LogP contribution < -0.4 is 5.73 Å². The summed E-state index contributed by atoms with van der Waals surface area (Å²) in [4.78, 5) is 2.41. The second-order valence-corrected chi connectivity index (χ2v) is 4.31. The molecule has 1 aromatic heterocycles. The molecule has 2 N–H and O–H groups in total. The smallest absolute Gasteiger partial charge is 0.126 e. The fraction of sp³-hybridized carbons (Fsp3) is 0.700. The third kappa shape index (κ3) is 1.14. The largest absolute Gasteiger partial charge is 0.384 e. The molecule has 78 valence electrons. The lowest BCUT2D eigenvalue weighted by atomic mass is 10.2. The number of hydrogen-bond donors (Lipinski definition) is 1. The van der Waals surface area contributed by atoms with Crippen molar-refractivity contribution < 1.29 is 0 Å². The van der Waals surface area contributed by atoms with Crippen molar-refractivity contribution in [3.05, 3.63) is 11.3 Å². The molecule has 1 aliphatic rings. The molecular weight excluding hydrogens is 176 g/mol. The zero-order valence-corrected chi connectivity index (χ0v) is 9.28. The van der Waals surface area contributed by atoms with Gasteiger partial charge in [0.2, 0.25) is 0 Å². The highest BCUT2D eigenvalue weighted by molar-refractivity contribution is 5.46. The van der Waals surface area contributed by atoms with Gasteiger partial charge in [-0.1, -0.05) is 0 Å². The molecule has 1 aromatic rings. The van der Waals surface area contributed by atoms with Crippen LogP contribution in [0.2, 0.25) is 0 Å². The van der Waals surface area contributed by atoms with E-state index in [0.717, 1.165) is 18.1 Å². The summed E-state index contributed by atoms with van der Waals surface area (Å²) in [7, 11) is 1.90. The molecule has 0 aliphatic carbocycles. The van der Waals surface area contributed by atoms with Crippen molar-refractivity contribution in [1.82, 2.24) is 14.7 Å². The Morgan fingerprint density at radius 1 is 1.50 bits per heavy atom. The van der Waals surface area contributed by atoms with Crippen molar-refractivity contribution in [2.45, 2.75) is 39.4 Å². The Hall–Kier alpha value is -1.03. The lowest BCUT2D eigenvalue weighted by Crippen LogP contribution is -2.28. The van der Waals surface area contributed by atoms with Crippen molar-refractivity contribution in [3.63, 3.8) is 0 Å². The number of nitrogen functional groups attached to an aromatic ring is 1. The molecule has 2 heterocycles. The van der Waals surface area contributed by atoms with E-state index in [0.29, 0.717) is 12.1 Å². The summed E-state index contributed by atoms with van der Waals surface area (Å²) in [5, 5.41) is 4.45. The topological polar surface area (TPSA) is 47.1 Å². The SMILES string of the molecule is CC(C)N1Cc2c(nn(C)c2N)C1C. The molecule has 0 fully saturated rings. The van der Waals surface area contributed by atoms with Crippen LogP contribution in [-0.2, 0) is 13.6 Å². The minimum Gasteiger partial charge on any atom is -0.384 e. The van der Waals surface area contributed by atoms with E-state index in [-0.39, 0.29) is 0 Å². The second kappa shape index (κ2) is 2.98. The highest BCUT2D eigenvalue weighted by Crippen LogP contribution is 2.36. The summed E-state index contributed by atoms with van der Waals surface area (Å²) in [5.41, 5.74) is 8.32. The normalized spacial score (nSPS) is 21.9. The van der Waals surface area contributed by atoms with E-state index in [1.165, 1.54) is 5.56 Å². The minimum absolute atomic E-state index is 0.397. The molecule has 4 heteroatoms. The fourth-order valence-corrected chi connectivity index (χ4v) is 2.21. The summed E-state index contributed by atoms with van der Waals surface area (Å²) in [6, 6.07) is 0.942. The summed E-state index contributed by atoms with van der Waals surface area (Å²) in [6.45, 7) is 7.54. The maximum Gasteiger partial charge on any atom is 0.126 e. The Bertz CT molecular complexity index is 353. The summed E-state index contributed by atoms with van der Waals surface area (Å²) in [6.07, 6.45) is 0. The van der Waals surface area contributed by atoms with Gasteiger partial charge in [0.25, 0.3) is 0 Å².